The first-order valence-corrected chi connectivity index (χ1v) is 10.7. The second kappa shape index (κ2) is 9.30. The summed E-state index contributed by atoms with van der Waals surface area (Å²) in [5.41, 5.74) is 3.29. The molecule has 3 rings (SSSR count). The van der Waals surface area contributed by atoms with Gasteiger partial charge in [0.2, 0.25) is 0 Å². The number of likely N-dealkylation sites (N-methyl/N-ethyl adjacent to an activating group) is 1. The van der Waals surface area contributed by atoms with Gasteiger partial charge in [0.1, 0.15) is 5.75 Å². The first-order chi connectivity index (χ1) is 13.7. The van der Waals surface area contributed by atoms with E-state index in [0.717, 1.165) is 10.2 Å². The lowest BCUT2D eigenvalue weighted by Crippen LogP contribution is -2.39. The van der Waals surface area contributed by atoms with E-state index in [9.17, 15) is 4.79 Å². The van der Waals surface area contributed by atoms with Gasteiger partial charge in [-0.2, -0.15) is 0 Å². The molecular weight excluding hydrogens is 429 g/mol. The van der Waals surface area contributed by atoms with Crippen LogP contribution in [0.1, 0.15) is 11.1 Å². The number of aryl methyl sites for hydroxylation is 2. The van der Waals surface area contributed by atoms with Crippen molar-refractivity contribution in [2.24, 2.45) is 0 Å². The number of nitrogens with zero attached hydrogens (tertiary/aromatic N) is 3. The van der Waals surface area contributed by atoms with E-state index < -0.39 is 0 Å². The number of anilines is 1. The lowest BCUT2D eigenvalue weighted by molar-refractivity contribution is -0.120. The van der Waals surface area contributed by atoms with Crippen molar-refractivity contribution in [3.63, 3.8) is 0 Å². The topological polar surface area (TPSA) is 45.7 Å². The predicted octanol–water partition coefficient (Wildman–Crippen LogP) is 5.19. The fraction of sp³-hybridized carbons (Fsp3) is 0.333. The van der Waals surface area contributed by atoms with Gasteiger partial charge in [0.05, 0.1) is 15.2 Å². The second-order valence-corrected chi connectivity index (χ2v) is 8.97. The quantitative estimate of drug-likeness (QED) is 0.495. The Labute approximate surface area is 184 Å². The van der Waals surface area contributed by atoms with Crippen LogP contribution in [0.2, 0.25) is 10.0 Å². The maximum atomic E-state index is 13.0. The Morgan fingerprint density at radius 3 is 2.52 bits per heavy atom. The van der Waals surface area contributed by atoms with Gasteiger partial charge < -0.3 is 9.64 Å². The Morgan fingerprint density at radius 2 is 1.83 bits per heavy atom. The number of benzene rings is 2. The van der Waals surface area contributed by atoms with E-state index in [2.05, 4.69) is 26.0 Å². The summed E-state index contributed by atoms with van der Waals surface area (Å²) in [5, 5.41) is 1.56. The van der Waals surface area contributed by atoms with Crippen LogP contribution in [-0.4, -0.2) is 49.6 Å². The number of fused-ring (bicyclic) bond motifs is 1. The summed E-state index contributed by atoms with van der Waals surface area (Å²) in [6.07, 6.45) is 0. The fourth-order valence-electron chi connectivity index (χ4n) is 2.72. The molecule has 1 amide bonds. The molecule has 0 saturated carbocycles. The summed E-state index contributed by atoms with van der Waals surface area (Å²) >= 11 is 13.6. The van der Waals surface area contributed by atoms with Gasteiger partial charge in [0.15, 0.2) is 11.7 Å². The van der Waals surface area contributed by atoms with E-state index in [1.807, 2.05) is 19.0 Å². The highest BCUT2D eigenvalue weighted by molar-refractivity contribution is 7.22. The van der Waals surface area contributed by atoms with Crippen molar-refractivity contribution in [3.05, 3.63) is 51.5 Å². The molecule has 154 valence electrons. The Bertz CT molecular complexity index is 997. The van der Waals surface area contributed by atoms with Crippen LogP contribution in [0.4, 0.5) is 5.13 Å². The number of rotatable bonds is 7. The first-order valence-electron chi connectivity index (χ1n) is 9.15. The lowest BCUT2D eigenvalue weighted by atomic mass is 10.1. The van der Waals surface area contributed by atoms with Crippen LogP contribution in [0.3, 0.4) is 0 Å². The number of amides is 1. The zero-order valence-corrected chi connectivity index (χ0v) is 19.2. The molecular formula is C21H23Cl2N3O2S. The van der Waals surface area contributed by atoms with Crippen LogP contribution in [0, 0.1) is 13.8 Å². The Hall–Kier alpha value is -1.86. The third-order valence-corrected chi connectivity index (χ3v) is 6.11. The summed E-state index contributed by atoms with van der Waals surface area (Å²) in [5.74, 6) is 0.248. The highest BCUT2D eigenvalue weighted by Gasteiger charge is 2.21. The molecule has 0 bridgehead atoms. The Kier molecular flexibility index (Phi) is 7.01. The molecule has 0 aliphatic rings. The minimum Gasteiger partial charge on any atom is -0.482 e. The summed E-state index contributed by atoms with van der Waals surface area (Å²) in [4.78, 5) is 21.4. The average molecular weight is 452 g/mol. The minimum absolute atomic E-state index is 0.136. The molecule has 1 heterocycles. The number of halogens is 2. The summed E-state index contributed by atoms with van der Waals surface area (Å²) < 4.78 is 6.72. The van der Waals surface area contributed by atoms with Crippen LogP contribution in [-0.2, 0) is 4.79 Å². The molecule has 29 heavy (non-hydrogen) atoms. The molecule has 0 aliphatic carbocycles. The summed E-state index contributed by atoms with van der Waals surface area (Å²) in [6, 6.07) is 9.10. The van der Waals surface area contributed by atoms with Crippen molar-refractivity contribution >= 4 is 55.8 Å². The van der Waals surface area contributed by atoms with Gasteiger partial charge in [-0.1, -0.05) is 34.5 Å². The molecule has 0 N–H and O–H groups in total. The van der Waals surface area contributed by atoms with Crippen molar-refractivity contribution in [3.8, 4) is 5.75 Å². The summed E-state index contributed by atoms with van der Waals surface area (Å²) in [6.45, 7) is 5.23. The molecule has 0 fully saturated rings. The third kappa shape index (κ3) is 5.39. The largest absolute Gasteiger partial charge is 0.482 e. The molecule has 0 atom stereocenters. The van der Waals surface area contributed by atoms with E-state index >= 15 is 0 Å². The molecule has 3 aromatic rings. The Balaban J connectivity index is 1.83. The number of hydrogen-bond donors (Lipinski definition) is 0. The standard InChI is InChI=1S/C21H23Cl2N3O2S/c1-13-9-17-19(10-14(13)2)29-21(24-17)26(8-7-25(3)4)20(27)12-28-18-6-5-15(22)11-16(18)23/h5-6,9-11H,7-8,12H2,1-4H3. The number of aromatic nitrogens is 1. The molecule has 2 aromatic carbocycles. The number of carbonyl (C=O) groups excluding carboxylic acids is 1. The van der Waals surface area contributed by atoms with Crippen LogP contribution in [0.15, 0.2) is 30.3 Å². The van der Waals surface area contributed by atoms with Gasteiger partial charge in [0, 0.05) is 18.1 Å². The van der Waals surface area contributed by atoms with Gasteiger partial charge >= 0.3 is 0 Å². The van der Waals surface area contributed by atoms with E-state index in [1.54, 1.807) is 23.1 Å². The van der Waals surface area contributed by atoms with Gasteiger partial charge in [-0.05, 0) is 69.4 Å². The highest BCUT2D eigenvalue weighted by atomic mass is 35.5. The van der Waals surface area contributed by atoms with Crippen LogP contribution in [0.5, 0.6) is 5.75 Å². The van der Waals surface area contributed by atoms with Crippen LogP contribution >= 0.6 is 34.5 Å². The molecule has 5 nitrogen and oxygen atoms in total. The second-order valence-electron chi connectivity index (χ2n) is 7.11. The molecule has 1 aromatic heterocycles. The number of hydrogen-bond acceptors (Lipinski definition) is 5. The molecule has 8 heteroatoms. The zero-order valence-electron chi connectivity index (χ0n) is 16.8. The predicted molar refractivity (Wildman–Crippen MR) is 122 cm³/mol. The molecule has 0 saturated heterocycles. The number of thiazole rings is 1. The van der Waals surface area contributed by atoms with Crippen LogP contribution in [0.25, 0.3) is 10.2 Å². The van der Waals surface area contributed by atoms with Gasteiger partial charge in [-0.3, -0.25) is 9.69 Å². The molecule has 0 spiro atoms. The smallest absolute Gasteiger partial charge is 0.266 e. The monoisotopic (exact) mass is 451 g/mol. The highest BCUT2D eigenvalue weighted by Crippen LogP contribution is 2.31. The van der Waals surface area contributed by atoms with E-state index in [0.29, 0.717) is 34.0 Å². The summed E-state index contributed by atoms with van der Waals surface area (Å²) in [7, 11) is 3.94. The first kappa shape index (κ1) is 21.8. The fourth-order valence-corrected chi connectivity index (χ4v) is 4.27. The maximum Gasteiger partial charge on any atom is 0.266 e. The van der Waals surface area contributed by atoms with E-state index in [1.165, 1.54) is 22.5 Å². The lowest BCUT2D eigenvalue weighted by Gasteiger charge is -2.22. The van der Waals surface area contributed by atoms with Crippen molar-refractivity contribution in [2.45, 2.75) is 13.8 Å². The number of ether oxygens (including phenoxy) is 1. The van der Waals surface area contributed by atoms with Crippen molar-refractivity contribution < 1.29 is 9.53 Å². The zero-order chi connectivity index (χ0) is 21.1. The average Bonchev–Trinajstić information content (AvgIpc) is 3.03. The minimum atomic E-state index is -0.176. The van der Waals surface area contributed by atoms with Crippen LogP contribution < -0.4 is 9.64 Å². The Morgan fingerprint density at radius 1 is 1.10 bits per heavy atom. The van der Waals surface area contributed by atoms with Crippen molar-refractivity contribution in [2.75, 3.05) is 38.7 Å². The molecule has 0 unspecified atom stereocenters. The van der Waals surface area contributed by atoms with Gasteiger partial charge in [-0.15, -0.1) is 0 Å². The van der Waals surface area contributed by atoms with Crippen molar-refractivity contribution in [1.29, 1.82) is 0 Å². The van der Waals surface area contributed by atoms with E-state index in [-0.39, 0.29) is 12.5 Å². The molecule has 0 radical (unpaired) electrons. The van der Waals surface area contributed by atoms with Gasteiger partial charge in [0.25, 0.3) is 5.91 Å². The normalized spacial score (nSPS) is 11.3. The maximum absolute atomic E-state index is 13.0. The molecule has 0 aliphatic heterocycles. The van der Waals surface area contributed by atoms with E-state index in [4.69, 9.17) is 32.9 Å². The number of carbonyl (C=O) groups is 1. The third-order valence-electron chi connectivity index (χ3n) is 4.54. The van der Waals surface area contributed by atoms with Crippen molar-refractivity contribution in [1.82, 2.24) is 9.88 Å². The SMILES string of the molecule is Cc1cc2nc(N(CCN(C)C)C(=O)COc3ccc(Cl)cc3Cl)sc2cc1C. The van der Waals surface area contributed by atoms with Gasteiger partial charge in [-0.25, -0.2) is 4.98 Å².